The first-order chi connectivity index (χ1) is 7.84. The smallest absolute Gasteiger partial charge is 0.162 e. The Kier molecular flexibility index (Phi) is 2.35. The second kappa shape index (κ2) is 3.85. The van der Waals surface area contributed by atoms with Crippen molar-refractivity contribution in [1.82, 2.24) is 9.97 Å². The third-order valence-corrected chi connectivity index (χ3v) is 3.52. The number of rotatable bonds is 1. The van der Waals surface area contributed by atoms with E-state index in [2.05, 4.69) is 27.5 Å². The van der Waals surface area contributed by atoms with Gasteiger partial charge in [-0.05, 0) is 12.1 Å². The van der Waals surface area contributed by atoms with Gasteiger partial charge in [-0.25, -0.2) is 9.97 Å². The van der Waals surface area contributed by atoms with Crippen molar-refractivity contribution in [1.29, 1.82) is 0 Å². The van der Waals surface area contributed by atoms with Crippen LogP contribution in [0.3, 0.4) is 0 Å². The number of hydrogen-bond acceptors (Lipinski definition) is 3. The molecule has 0 aliphatic carbocycles. The summed E-state index contributed by atoms with van der Waals surface area (Å²) in [6, 6.07) is 9.89. The summed E-state index contributed by atoms with van der Waals surface area (Å²) in [5.41, 5.74) is 1.04. The maximum atomic E-state index is 5.87. The van der Waals surface area contributed by atoms with E-state index in [1.807, 2.05) is 12.1 Å². The Labute approximate surface area is 102 Å². The topological polar surface area (TPSA) is 25.8 Å². The minimum absolute atomic E-state index is 0.472. The summed E-state index contributed by atoms with van der Waals surface area (Å²) in [5, 5.41) is 3.71. The molecule has 0 bridgehead atoms. The molecule has 0 aliphatic heterocycles. The van der Waals surface area contributed by atoms with Crippen molar-refractivity contribution in [2.24, 2.45) is 0 Å². The highest BCUT2D eigenvalue weighted by molar-refractivity contribution is 7.17. The van der Waals surface area contributed by atoms with Gasteiger partial charge < -0.3 is 0 Å². The van der Waals surface area contributed by atoms with Crippen LogP contribution in [-0.2, 0) is 0 Å². The second-order valence-corrected chi connectivity index (χ2v) is 4.65. The van der Waals surface area contributed by atoms with Crippen LogP contribution in [0.15, 0.2) is 41.9 Å². The molecule has 2 aromatic heterocycles. The molecular formula is C12H7ClN2S. The van der Waals surface area contributed by atoms with Crippen molar-refractivity contribution in [3.63, 3.8) is 0 Å². The average Bonchev–Trinajstić information content (AvgIpc) is 2.72. The van der Waals surface area contributed by atoms with Crippen LogP contribution in [0.5, 0.6) is 0 Å². The lowest BCUT2D eigenvalue weighted by atomic mass is 10.2. The van der Waals surface area contributed by atoms with E-state index in [-0.39, 0.29) is 0 Å². The summed E-state index contributed by atoms with van der Waals surface area (Å²) < 4.78 is 1.24. The van der Waals surface area contributed by atoms with Crippen molar-refractivity contribution in [3.05, 3.63) is 47.1 Å². The van der Waals surface area contributed by atoms with Gasteiger partial charge >= 0.3 is 0 Å². The zero-order valence-corrected chi connectivity index (χ0v) is 9.79. The van der Waals surface area contributed by atoms with Crippen LogP contribution in [-0.4, -0.2) is 9.97 Å². The number of fused-ring (bicyclic) bond motifs is 1. The fraction of sp³-hybridized carbons (Fsp3) is 0. The minimum atomic E-state index is 0.472. The van der Waals surface area contributed by atoms with Crippen LogP contribution in [0.25, 0.3) is 21.5 Å². The predicted molar refractivity (Wildman–Crippen MR) is 67.9 cm³/mol. The molecule has 2 nitrogen and oxygen atoms in total. The van der Waals surface area contributed by atoms with Crippen LogP contribution in [0.2, 0.25) is 5.15 Å². The van der Waals surface area contributed by atoms with Gasteiger partial charge in [-0.3, -0.25) is 0 Å². The normalized spacial score (nSPS) is 10.8. The molecular weight excluding hydrogens is 240 g/mol. The Bertz CT molecular complexity index is 648. The molecule has 0 N–H and O–H groups in total. The summed E-state index contributed by atoms with van der Waals surface area (Å²) >= 11 is 7.56. The highest BCUT2D eigenvalue weighted by atomic mass is 35.5. The number of halogens is 1. The molecule has 0 unspecified atom stereocenters. The van der Waals surface area contributed by atoms with Gasteiger partial charge in [0.2, 0.25) is 0 Å². The fourth-order valence-electron chi connectivity index (χ4n) is 1.62. The van der Waals surface area contributed by atoms with Crippen molar-refractivity contribution < 1.29 is 0 Å². The Balaban J connectivity index is 2.26. The van der Waals surface area contributed by atoms with E-state index in [9.17, 15) is 0 Å². The minimum Gasteiger partial charge on any atom is -0.236 e. The van der Waals surface area contributed by atoms with E-state index in [1.54, 1.807) is 23.6 Å². The largest absolute Gasteiger partial charge is 0.236 e. The Morgan fingerprint density at radius 3 is 2.88 bits per heavy atom. The SMILES string of the molecule is Clc1ccnc(-c2csc3ccccc23)n1. The molecule has 2 heterocycles. The van der Waals surface area contributed by atoms with E-state index < -0.39 is 0 Å². The first-order valence-electron chi connectivity index (χ1n) is 4.80. The Hall–Kier alpha value is -1.45. The molecule has 0 fully saturated rings. The molecule has 0 aliphatic rings. The lowest BCUT2D eigenvalue weighted by molar-refractivity contribution is 1.18. The maximum absolute atomic E-state index is 5.87. The summed E-state index contributed by atoms with van der Waals surface area (Å²) in [4.78, 5) is 8.47. The van der Waals surface area contributed by atoms with E-state index >= 15 is 0 Å². The number of benzene rings is 1. The zero-order valence-electron chi connectivity index (χ0n) is 8.22. The molecule has 0 atom stereocenters. The van der Waals surface area contributed by atoms with Gasteiger partial charge in [-0.2, -0.15) is 0 Å². The van der Waals surface area contributed by atoms with Gasteiger partial charge in [0, 0.05) is 27.2 Å². The predicted octanol–water partition coefficient (Wildman–Crippen LogP) is 4.01. The van der Waals surface area contributed by atoms with Gasteiger partial charge in [0.1, 0.15) is 5.15 Å². The lowest BCUT2D eigenvalue weighted by Gasteiger charge is -1.97. The number of hydrogen-bond donors (Lipinski definition) is 0. The molecule has 78 valence electrons. The maximum Gasteiger partial charge on any atom is 0.162 e. The van der Waals surface area contributed by atoms with Crippen molar-refractivity contribution in [3.8, 4) is 11.4 Å². The average molecular weight is 247 g/mol. The highest BCUT2D eigenvalue weighted by Gasteiger charge is 2.08. The summed E-state index contributed by atoms with van der Waals surface area (Å²) in [6.45, 7) is 0. The van der Waals surface area contributed by atoms with E-state index in [1.165, 1.54) is 10.1 Å². The van der Waals surface area contributed by atoms with Crippen LogP contribution in [0.4, 0.5) is 0 Å². The zero-order chi connectivity index (χ0) is 11.0. The molecule has 16 heavy (non-hydrogen) atoms. The van der Waals surface area contributed by atoms with E-state index in [0.717, 1.165) is 5.56 Å². The highest BCUT2D eigenvalue weighted by Crippen LogP contribution is 2.31. The van der Waals surface area contributed by atoms with Crippen molar-refractivity contribution in [2.75, 3.05) is 0 Å². The Morgan fingerprint density at radius 2 is 2.00 bits per heavy atom. The van der Waals surface area contributed by atoms with Gasteiger partial charge in [0.15, 0.2) is 5.82 Å². The van der Waals surface area contributed by atoms with Gasteiger partial charge in [0.25, 0.3) is 0 Å². The Morgan fingerprint density at radius 1 is 1.12 bits per heavy atom. The molecule has 1 aromatic carbocycles. The van der Waals surface area contributed by atoms with Crippen LogP contribution in [0.1, 0.15) is 0 Å². The number of thiophene rings is 1. The number of aromatic nitrogens is 2. The van der Waals surface area contributed by atoms with E-state index in [0.29, 0.717) is 11.0 Å². The molecule has 0 amide bonds. The standard InChI is InChI=1S/C12H7ClN2S/c13-11-5-6-14-12(15-11)9-7-16-10-4-2-1-3-8(9)10/h1-7H. The first-order valence-corrected chi connectivity index (χ1v) is 6.05. The second-order valence-electron chi connectivity index (χ2n) is 3.35. The summed E-state index contributed by atoms with van der Waals surface area (Å²) in [7, 11) is 0. The van der Waals surface area contributed by atoms with E-state index in [4.69, 9.17) is 11.6 Å². The van der Waals surface area contributed by atoms with Gasteiger partial charge in [0.05, 0.1) is 0 Å². The quantitative estimate of drug-likeness (QED) is 0.607. The monoisotopic (exact) mass is 246 g/mol. The molecule has 0 spiro atoms. The fourth-order valence-corrected chi connectivity index (χ4v) is 2.69. The third kappa shape index (κ3) is 1.58. The van der Waals surface area contributed by atoms with Gasteiger partial charge in [-0.1, -0.05) is 29.8 Å². The first kappa shape index (κ1) is 9.75. The third-order valence-electron chi connectivity index (χ3n) is 2.34. The summed E-state index contributed by atoms with van der Waals surface area (Å²) in [5.74, 6) is 0.685. The summed E-state index contributed by atoms with van der Waals surface area (Å²) in [6.07, 6.45) is 1.68. The van der Waals surface area contributed by atoms with Crippen LogP contribution in [0, 0.1) is 0 Å². The molecule has 0 radical (unpaired) electrons. The lowest BCUT2D eigenvalue weighted by Crippen LogP contribution is -1.86. The van der Waals surface area contributed by atoms with Crippen LogP contribution >= 0.6 is 22.9 Å². The number of nitrogens with zero attached hydrogens (tertiary/aromatic N) is 2. The molecule has 3 aromatic rings. The molecule has 0 saturated heterocycles. The van der Waals surface area contributed by atoms with Gasteiger partial charge in [-0.15, -0.1) is 11.3 Å². The van der Waals surface area contributed by atoms with Crippen molar-refractivity contribution in [2.45, 2.75) is 0 Å². The molecule has 0 saturated carbocycles. The van der Waals surface area contributed by atoms with Crippen LogP contribution < -0.4 is 0 Å². The molecule has 3 rings (SSSR count). The van der Waals surface area contributed by atoms with Crippen molar-refractivity contribution >= 4 is 33.0 Å². The molecule has 4 heteroatoms.